The zero-order valence-electron chi connectivity index (χ0n) is 16.9. The van der Waals surface area contributed by atoms with Gasteiger partial charge in [0.1, 0.15) is 5.00 Å². The second-order valence-electron chi connectivity index (χ2n) is 7.25. The number of nitrogens with zero attached hydrogens (tertiary/aromatic N) is 7. The van der Waals surface area contributed by atoms with Gasteiger partial charge in [-0.25, -0.2) is 9.97 Å². The van der Waals surface area contributed by atoms with Crippen LogP contribution < -0.4 is 5.32 Å². The molecule has 30 heavy (non-hydrogen) atoms. The van der Waals surface area contributed by atoms with E-state index in [-0.39, 0.29) is 0 Å². The number of hydroxylamine groups is 2. The smallest absolute Gasteiger partial charge is 0.180 e. The van der Waals surface area contributed by atoms with Gasteiger partial charge in [-0.2, -0.15) is 14.5 Å². The van der Waals surface area contributed by atoms with Crippen LogP contribution in [0.4, 0.5) is 10.8 Å². The van der Waals surface area contributed by atoms with Gasteiger partial charge in [-0.3, -0.25) is 14.4 Å². The number of piperazine rings is 1. The Bertz CT molecular complexity index is 1130. The maximum absolute atomic E-state index is 5.29. The summed E-state index contributed by atoms with van der Waals surface area (Å²) in [5, 5.41) is 13.2. The number of fused-ring (bicyclic) bond motifs is 1. The number of H-pyrrole nitrogens is 1. The van der Waals surface area contributed by atoms with Gasteiger partial charge in [0.25, 0.3) is 0 Å². The summed E-state index contributed by atoms with van der Waals surface area (Å²) in [5.74, 6) is 0.716. The molecule has 0 bridgehead atoms. The molecule has 5 rings (SSSR count). The predicted molar refractivity (Wildman–Crippen MR) is 115 cm³/mol. The van der Waals surface area contributed by atoms with Crippen molar-refractivity contribution in [2.24, 2.45) is 0 Å². The van der Waals surface area contributed by atoms with Crippen LogP contribution in [-0.4, -0.2) is 72.2 Å². The van der Waals surface area contributed by atoms with E-state index in [4.69, 9.17) is 4.84 Å². The van der Waals surface area contributed by atoms with Crippen LogP contribution in [0.2, 0.25) is 0 Å². The Hall–Kier alpha value is -2.86. The van der Waals surface area contributed by atoms with Crippen molar-refractivity contribution in [1.82, 2.24) is 38.9 Å². The highest BCUT2D eigenvalue weighted by molar-refractivity contribution is 7.10. The molecule has 2 N–H and O–H groups in total. The zero-order valence-corrected chi connectivity index (χ0v) is 17.7. The summed E-state index contributed by atoms with van der Waals surface area (Å²) >= 11 is 1.44. The number of aromatic nitrogens is 6. The highest BCUT2D eigenvalue weighted by Crippen LogP contribution is 2.27. The van der Waals surface area contributed by atoms with Gasteiger partial charge >= 0.3 is 0 Å². The number of hydrogen-bond acceptors (Lipinski definition) is 9. The van der Waals surface area contributed by atoms with Gasteiger partial charge in [-0.05, 0) is 24.5 Å². The molecule has 0 aromatic carbocycles. The second kappa shape index (κ2) is 8.11. The van der Waals surface area contributed by atoms with Crippen LogP contribution in [0.25, 0.3) is 16.9 Å². The summed E-state index contributed by atoms with van der Waals surface area (Å²) in [6.07, 6.45) is 7.46. The van der Waals surface area contributed by atoms with Crippen molar-refractivity contribution in [3.05, 3.63) is 42.2 Å². The van der Waals surface area contributed by atoms with E-state index in [0.29, 0.717) is 5.82 Å². The minimum absolute atomic E-state index is 0.716. The number of rotatable bonds is 6. The number of aromatic amines is 1. The Labute approximate surface area is 177 Å². The fourth-order valence-electron chi connectivity index (χ4n) is 3.66. The predicted octanol–water partition coefficient (Wildman–Crippen LogP) is 2.31. The number of aryl methyl sites for hydroxylation is 1. The van der Waals surface area contributed by atoms with E-state index in [2.05, 4.69) is 40.8 Å². The third kappa shape index (κ3) is 3.79. The SMILES string of the molecule is CON1CCN(Cc2cc(Nc3nc(C)cn4c(-c5cn[nH]c5)cnc34)sn2)CC1. The first-order chi connectivity index (χ1) is 14.7. The Morgan fingerprint density at radius 1 is 1.23 bits per heavy atom. The molecule has 4 aromatic rings. The van der Waals surface area contributed by atoms with Gasteiger partial charge < -0.3 is 10.2 Å². The Balaban J connectivity index is 1.34. The molecule has 0 unspecified atom stereocenters. The van der Waals surface area contributed by atoms with E-state index in [1.807, 2.05) is 35.0 Å². The maximum Gasteiger partial charge on any atom is 0.180 e. The summed E-state index contributed by atoms with van der Waals surface area (Å²) in [4.78, 5) is 16.9. The number of nitrogens with one attached hydrogen (secondary N) is 2. The average Bonchev–Trinajstić information content (AvgIpc) is 3.49. The number of anilines is 2. The maximum atomic E-state index is 5.29. The van der Waals surface area contributed by atoms with Gasteiger partial charge in [-0.15, -0.1) is 0 Å². The Morgan fingerprint density at radius 3 is 2.87 bits per heavy atom. The van der Waals surface area contributed by atoms with E-state index < -0.39 is 0 Å². The molecule has 0 radical (unpaired) electrons. The van der Waals surface area contributed by atoms with Crippen LogP contribution in [0, 0.1) is 6.92 Å². The largest absolute Gasteiger partial charge is 0.328 e. The van der Waals surface area contributed by atoms with Gasteiger partial charge in [-0.1, -0.05) is 0 Å². The van der Waals surface area contributed by atoms with E-state index in [1.54, 1.807) is 13.3 Å². The van der Waals surface area contributed by atoms with Crippen molar-refractivity contribution in [3.63, 3.8) is 0 Å². The third-order valence-corrected chi connectivity index (χ3v) is 5.92. The Kier molecular flexibility index (Phi) is 5.17. The van der Waals surface area contributed by atoms with Crippen molar-refractivity contribution in [1.29, 1.82) is 0 Å². The molecule has 1 fully saturated rings. The van der Waals surface area contributed by atoms with E-state index in [9.17, 15) is 0 Å². The van der Waals surface area contributed by atoms with E-state index >= 15 is 0 Å². The highest BCUT2D eigenvalue weighted by Gasteiger charge is 2.18. The van der Waals surface area contributed by atoms with Crippen LogP contribution in [0.3, 0.4) is 0 Å². The van der Waals surface area contributed by atoms with Crippen LogP contribution in [0.5, 0.6) is 0 Å². The van der Waals surface area contributed by atoms with Crippen LogP contribution in [-0.2, 0) is 11.4 Å². The molecule has 5 heterocycles. The first-order valence-corrected chi connectivity index (χ1v) is 10.5. The van der Waals surface area contributed by atoms with Crippen molar-refractivity contribution >= 4 is 28.0 Å². The van der Waals surface area contributed by atoms with Crippen molar-refractivity contribution < 1.29 is 4.84 Å². The summed E-state index contributed by atoms with van der Waals surface area (Å²) in [7, 11) is 1.72. The molecule has 1 aliphatic heterocycles. The lowest BCUT2D eigenvalue weighted by Gasteiger charge is -2.32. The number of hydrogen-bond donors (Lipinski definition) is 2. The molecule has 0 aliphatic carbocycles. The van der Waals surface area contributed by atoms with E-state index in [1.165, 1.54) is 11.5 Å². The molecule has 156 valence electrons. The minimum atomic E-state index is 0.716. The third-order valence-electron chi connectivity index (χ3n) is 5.18. The highest BCUT2D eigenvalue weighted by atomic mass is 32.1. The normalized spacial score (nSPS) is 15.8. The molecule has 1 aliphatic rings. The molecule has 0 spiro atoms. The molecule has 11 heteroatoms. The molecule has 1 saturated heterocycles. The standard InChI is InChI=1S/C19H23N9OS/c1-13-11-28-16(14-8-21-22-9-14)10-20-19(28)18(23-13)24-17-7-15(25-30-17)12-26-3-5-27(29-2)6-4-26/h7-11H,3-6,12H2,1-2H3,(H,21,22)(H,23,24). The molecule has 0 atom stereocenters. The van der Waals surface area contributed by atoms with Crippen LogP contribution in [0.1, 0.15) is 11.4 Å². The fraction of sp³-hybridized carbons (Fsp3) is 0.368. The van der Waals surface area contributed by atoms with Crippen LogP contribution >= 0.6 is 11.5 Å². The lowest BCUT2D eigenvalue weighted by molar-refractivity contribution is -0.152. The average molecular weight is 426 g/mol. The Morgan fingerprint density at radius 2 is 2.10 bits per heavy atom. The summed E-state index contributed by atoms with van der Waals surface area (Å²) in [6.45, 7) is 6.58. The summed E-state index contributed by atoms with van der Waals surface area (Å²) < 4.78 is 6.65. The molecule has 0 saturated carbocycles. The quantitative estimate of drug-likeness (QED) is 0.486. The van der Waals surface area contributed by atoms with Crippen molar-refractivity contribution in [2.75, 3.05) is 38.6 Å². The van der Waals surface area contributed by atoms with Gasteiger partial charge in [0.2, 0.25) is 0 Å². The topological polar surface area (TPSA) is 99.5 Å². The number of imidazole rings is 1. The summed E-state index contributed by atoms with van der Waals surface area (Å²) in [6, 6.07) is 2.09. The lowest BCUT2D eigenvalue weighted by atomic mass is 10.3. The minimum Gasteiger partial charge on any atom is -0.328 e. The van der Waals surface area contributed by atoms with E-state index in [0.717, 1.165) is 66.0 Å². The molecule has 10 nitrogen and oxygen atoms in total. The fourth-order valence-corrected chi connectivity index (χ4v) is 4.32. The van der Waals surface area contributed by atoms with Gasteiger partial charge in [0, 0.05) is 50.7 Å². The van der Waals surface area contributed by atoms with Gasteiger partial charge in [0.05, 0.1) is 36.6 Å². The zero-order chi connectivity index (χ0) is 20.5. The molecular formula is C19H23N9OS. The summed E-state index contributed by atoms with van der Waals surface area (Å²) in [5.41, 5.74) is 4.66. The lowest BCUT2D eigenvalue weighted by Crippen LogP contribution is -2.45. The first kappa shape index (κ1) is 19.1. The molecule has 4 aromatic heterocycles. The van der Waals surface area contributed by atoms with Crippen molar-refractivity contribution in [2.45, 2.75) is 13.5 Å². The van der Waals surface area contributed by atoms with Gasteiger partial charge in [0.15, 0.2) is 11.5 Å². The monoisotopic (exact) mass is 425 g/mol. The second-order valence-corrected chi connectivity index (χ2v) is 8.06. The van der Waals surface area contributed by atoms with Crippen molar-refractivity contribution in [3.8, 4) is 11.3 Å². The molecular weight excluding hydrogens is 402 g/mol. The van der Waals surface area contributed by atoms with Crippen LogP contribution in [0.15, 0.2) is 30.9 Å². The first-order valence-electron chi connectivity index (χ1n) is 9.77. The molecule has 0 amide bonds.